The minimum atomic E-state index is -0.0139. The van der Waals surface area contributed by atoms with Gasteiger partial charge >= 0.3 is 0 Å². The lowest BCUT2D eigenvalue weighted by Gasteiger charge is -2.18. The molecular weight excluding hydrogens is 376 g/mol. The summed E-state index contributed by atoms with van der Waals surface area (Å²) in [6, 6.07) is 7.94. The number of imidazole rings is 1. The molecule has 0 unspecified atom stereocenters. The van der Waals surface area contributed by atoms with Crippen molar-refractivity contribution in [2.24, 2.45) is 0 Å². The van der Waals surface area contributed by atoms with Crippen LogP contribution in [0.2, 0.25) is 0 Å². The number of aryl methyl sites for hydroxylation is 1. The zero-order chi connectivity index (χ0) is 21.4. The Bertz CT molecular complexity index is 1200. The molecule has 3 heterocycles. The van der Waals surface area contributed by atoms with Crippen molar-refractivity contribution in [3.8, 4) is 11.3 Å². The van der Waals surface area contributed by atoms with Gasteiger partial charge < -0.3 is 4.90 Å². The van der Waals surface area contributed by atoms with Gasteiger partial charge in [0.25, 0.3) is 5.91 Å². The molecule has 7 nitrogen and oxygen atoms in total. The third kappa shape index (κ3) is 3.47. The van der Waals surface area contributed by atoms with E-state index in [1.54, 1.807) is 17.3 Å². The third-order valence-electron chi connectivity index (χ3n) is 5.45. The summed E-state index contributed by atoms with van der Waals surface area (Å²) in [5, 5.41) is 4.63. The van der Waals surface area contributed by atoms with Crippen molar-refractivity contribution in [2.75, 3.05) is 7.05 Å². The van der Waals surface area contributed by atoms with Gasteiger partial charge in [0.05, 0.1) is 23.8 Å². The summed E-state index contributed by atoms with van der Waals surface area (Å²) in [6.07, 6.45) is 7.16. The fraction of sp³-hybridized carbons (Fsp3) is 0.304. The van der Waals surface area contributed by atoms with Gasteiger partial charge in [-0.15, -0.1) is 0 Å². The molecule has 0 fully saturated rings. The van der Waals surface area contributed by atoms with Gasteiger partial charge in [0, 0.05) is 54.4 Å². The molecule has 0 aliphatic rings. The molecule has 1 amide bonds. The highest BCUT2D eigenvalue weighted by atomic mass is 16.2. The molecule has 0 radical (unpaired) electrons. The van der Waals surface area contributed by atoms with Crippen LogP contribution >= 0.6 is 0 Å². The Balaban J connectivity index is 1.54. The molecule has 154 valence electrons. The van der Waals surface area contributed by atoms with Crippen molar-refractivity contribution in [1.29, 1.82) is 0 Å². The number of carbonyl (C=O) groups excluding carboxylic acids is 1. The van der Waals surface area contributed by atoms with Gasteiger partial charge in [-0.1, -0.05) is 12.1 Å². The highest BCUT2D eigenvalue weighted by Gasteiger charge is 2.19. The maximum absolute atomic E-state index is 13.0. The molecule has 0 saturated heterocycles. The lowest BCUT2D eigenvalue weighted by molar-refractivity contribution is 0.0784. The van der Waals surface area contributed by atoms with E-state index in [0.29, 0.717) is 18.2 Å². The third-order valence-corrected chi connectivity index (χ3v) is 5.45. The number of carbonyl (C=O) groups is 1. The first-order valence-corrected chi connectivity index (χ1v) is 10.0. The van der Waals surface area contributed by atoms with E-state index < -0.39 is 0 Å². The molecule has 30 heavy (non-hydrogen) atoms. The van der Waals surface area contributed by atoms with Crippen molar-refractivity contribution < 1.29 is 4.79 Å². The fourth-order valence-electron chi connectivity index (χ4n) is 3.80. The summed E-state index contributed by atoms with van der Waals surface area (Å²) in [6.45, 7) is 8.82. The van der Waals surface area contributed by atoms with Crippen molar-refractivity contribution in [2.45, 2.75) is 40.3 Å². The van der Waals surface area contributed by atoms with Crippen LogP contribution in [0, 0.1) is 13.8 Å². The molecule has 0 saturated carbocycles. The van der Waals surface area contributed by atoms with Crippen LogP contribution in [0.4, 0.5) is 0 Å². The largest absolute Gasteiger partial charge is 0.337 e. The standard InChI is InChI=1S/C23H26N6O/c1-15(2)29-17(4)20(16(3)26-29)14-27(5)23(30)19-8-6-18(7-9-19)21-12-25-22-13-24-10-11-28(21)22/h6-13,15H,14H2,1-5H3. The van der Waals surface area contributed by atoms with Gasteiger partial charge in [-0.25, -0.2) is 4.98 Å². The van der Waals surface area contributed by atoms with E-state index >= 15 is 0 Å². The first kappa shape index (κ1) is 19.8. The van der Waals surface area contributed by atoms with E-state index in [1.807, 2.05) is 59.7 Å². The molecule has 7 heteroatoms. The Hall–Kier alpha value is -3.48. The number of benzene rings is 1. The molecule has 0 aliphatic carbocycles. The normalized spacial score (nSPS) is 11.4. The number of hydrogen-bond acceptors (Lipinski definition) is 4. The van der Waals surface area contributed by atoms with E-state index in [9.17, 15) is 4.79 Å². The number of aromatic nitrogens is 5. The minimum absolute atomic E-state index is 0.0139. The molecule has 4 aromatic rings. The second kappa shape index (κ2) is 7.74. The quantitative estimate of drug-likeness (QED) is 0.505. The van der Waals surface area contributed by atoms with Gasteiger partial charge in [0.15, 0.2) is 5.65 Å². The second-order valence-corrected chi connectivity index (χ2v) is 7.87. The van der Waals surface area contributed by atoms with Crippen LogP contribution in [-0.2, 0) is 6.54 Å². The van der Waals surface area contributed by atoms with E-state index in [0.717, 1.165) is 33.9 Å². The molecule has 0 spiro atoms. The first-order valence-electron chi connectivity index (χ1n) is 10.0. The summed E-state index contributed by atoms with van der Waals surface area (Å²) in [5.41, 5.74) is 6.60. The van der Waals surface area contributed by atoms with Crippen molar-refractivity contribution in [3.05, 3.63) is 71.6 Å². The highest BCUT2D eigenvalue weighted by Crippen LogP contribution is 2.22. The molecule has 0 bridgehead atoms. The van der Waals surface area contributed by atoms with Crippen LogP contribution < -0.4 is 0 Å². The second-order valence-electron chi connectivity index (χ2n) is 7.87. The average molecular weight is 403 g/mol. The Morgan fingerprint density at radius 2 is 1.87 bits per heavy atom. The van der Waals surface area contributed by atoms with Crippen LogP contribution in [0.5, 0.6) is 0 Å². The van der Waals surface area contributed by atoms with Gasteiger partial charge in [0.1, 0.15) is 0 Å². The van der Waals surface area contributed by atoms with Crippen LogP contribution in [-0.4, -0.2) is 42.0 Å². The zero-order valence-corrected chi connectivity index (χ0v) is 18.0. The monoisotopic (exact) mass is 402 g/mol. The highest BCUT2D eigenvalue weighted by molar-refractivity contribution is 5.94. The van der Waals surface area contributed by atoms with E-state index in [1.165, 1.54) is 0 Å². The van der Waals surface area contributed by atoms with E-state index in [4.69, 9.17) is 0 Å². The van der Waals surface area contributed by atoms with Gasteiger partial charge in [-0.2, -0.15) is 5.10 Å². The lowest BCUT2D eigenvalue weighted by atomic mass is 10.1. The molecular formula is C23H26N6O. The Morgan fingerprint density at radius 1 is 1.13 bits per heavy atom. The average Bonchev–Trinajstić information content (AvgIpc) is 3.30. The summed E-state index contributed by atoms with van der Waals surface area (Å²) >= 11 is 0. The molecule has 0 atom stereocenters. The summed E-state index contributed by atoms with van der Waals surface area (Å²) in [4.78, 5) is 23.2. The Kier molecular flexibility index (Phi) is 5.11. The van der Waals surface area contributed by atoms with Crippen molar-refractivity contribution in [1.82, 2.24) is 29.0 Å². The van der Waals surface area contributed by atoms with Crippen LogP contribution in [0.25, 0.3) is 16.9 Å². The van der Waals surface area contributed by atoms with Gasteiger partial charge in [-0.3, -0.25) is 18.9 Å². The SMILES string of the molecule is Cc1nn(C(C)C)c(C)c1CN(C)C(=O)c1ccc(-c2cnc3cnccn23)cc1. The minimum Gasteiger partial charge on any atom is -0.337 e. The number of amides is 1. The predicted molar refractivity (Wildman–Crippen MR) is 116 cm³/mol. The van der Waals surface area contributed by atoms with Gasteiger partial charge in [0.2, 0.25) is 0 Å². The maximum atomic E-state index is 13.0. The number of rotatable bonds is 5. The first-order chi connectivity index (χ1) is 14.4. The van der Waals surface area contributed by atoms with Crippen LogP contribution in [0.3, 0.4) is 0 Å². The Labute approximate surface area is 176 Å². The summed E-state index contributed by atoms with van der Waals surface area (Å²) in [7, 11) is 1.83. The smallest absolute Gasteiger partial charge is 0.253 e. The number of nitrogens with zero attached hydrogens (tertiary/aromatic N) is 6. The molecule has 4 rings (SSSR count). The van der Waals surface area contributed by atoms with Crippen molar-refractivity contribution in [3.63, 3.8) is 0 Å². The lowest BCUT2D eigenvalue weighted by Crippen LogP contribution is -2.26. The van der Waals surface area contributed by atoms with Crippen molar-refractivity contribution >= 4 is 11.6 Å². The molecule has 1 aromatic carbocycles. The topological polar surface area (TPSA) is 68.3 Å². The van der Waals surface area contributed by atoms with Crippen LogP contribution in [0.15, 0.2) is 49.1 Å². The maximum Gasteiger partial charge on any atom is 0.253 e. The summed E-state index contributed by atoms with van der Waals surface area (Å²) in [5.74, 6) is -0.0139. The van der Waals surface area contributed by atoms with Gasteiger partial charge in [-0.05, 0) is 39.8 Å². The summed E-state index contributed by atoms with van der Waals surface area (Å²) < 4.78 is 4.00. The van der Waals surface area contributed by atoms with Crippen LogP contribution in [0.1, 0.15) is 47.2 Å². The number of hydrogen-bond donors (Lipinski definition) is 0. The predicted octanol–water partition coefficient (Wildman–Crippen LogP) is 4.06. The molecule has 0 aliphatic heterocycles. The molecule has 3 aromatic heterocycles. The zero-order valence-electron chi connectivity index (χ0n) is 18.0. The Morgan fingerprint density at radius 3 is 2.53 bits per heavy atom. The van der Waals surface area contributed by atoms with E-state index in [2.05, 4.69) is 35.8 Å². The molecule has 0 N–H and O–H groups in total. The fourth-order valence-corrected chi connectivity index (χ4v) is 3.80. The van der Waals surface area contributed by atoms with E-state index in [-0.39, 0.29) is 5.91 Å². The number of fused-ring (bicyclic) bond motifs is 1.